The molecule has 1 aromatic carbocycles. The van der Waals surface area contributed by atoms with Crippen molar-refractivity contribution >= 4 is 17.8 Å². The van der Waals surface area contributed by atoms with Crippen molar-refractivity contribution in [3.05, 3.63) is 34.9 Å². The van der Waals surface area contributed by atoms with E-state index in [2.05, 4.69) is 32.0 Å². The average molecular weight is 566 g/mol. The van der Waals surface area contributed by atoms with Crippen molar-refractivity contribution in [2.24, 2.45) is 0 Å². The Morgan fingerprint density at radius 1 is 0.925 bits per heavy atom. The van der Waals surface area contributed by atoms with Crippen LogP contribution in [0.1, 0.15) is 82.9 Å². The van der Waals surface area contributed by atoms with E-state index in [0.29, 0.717) is 25.8 Å². The summed E-state index contributed by atoms with van der Waals surface area (Å²) in [5.41, 5.74) is 3.01. The van der Waals surface area contributed by atoms with E-state index < -0.39 is 42.3 Å². The molecule has 0 spiro atoms. The number of carbonyl (C=O) groups is 3. The average Bonchev–Trinajstić information content (AvgIpc) is 2.88. The molecule has 0 aliphatic heterocycles. The van der Waals surface area contributed by atoms with E-state index in [1.165, 1.54) is 21.6 Å². The Balaban J connectivity index is 2.93. The Hall–Kier alpha value is -2.49. The first-order chi connectivity index (χ1) is 18.9. The lowest BCUT2D eigenvalue weighted by molar-refractivity contribution is -0.187. The number of likely N-dealkylation sites (N-methyl/N-ethyl adjacent to an activating group) is 1. The van der Waals surface area contributed by atoms with Gasteiger partial charge in [0.05, 0.1) is 6.61 Å². The van der Waals surface area contributed by atoms with Crippen LogP contribution in [0.3, 0.4) is 0 Å². The molecule has 0 saturated carbocycles. The van der Waals surface area contributed by atoms with Gasteiger partial charge in [-0.3, -0.25) is 4.79 Å². The maximum Gasteiger partial charge on any atom is 0.339 e. The minimum Gasteiger partial charge on any atom is -0.464 e. The third-order valence-corrected chi connectivity index (χ3v) is 6.35. The summed E-state index contributed by atoms with van der Waals surface area (Å²) in [6.45, 7) is 11.4. The third kappa shape index (κ3) is 14.2. The Kier molecular flexibility index (Phi) is 16.7. The number of unbranched alkanes of at least 4 members (excludes halogenated alkanes) is 4. The first-order valence-corrected chi connectivity index (χ1v) is 14.4. The summed E-state index contributed by atoms with van der Waals surface area (Å²) in [5, 5.41) is 9.04. The maximum atomic E-state index is 13.5. The fourth-order valence-electron chi connectivity index (χ4n) is 4.03. The van der Waals surface area contributed by atoms with Crippen LogP contribution in [0.15, 0.2) is 18.2 Å². The molecule has 9 heteroatoms. The number of aryl methyl sites for hydroxylation is 3. The van der Waals surface area contributed by atoms with E-state index in [1.807, 2.05) is 0 Å². The van der Waals surface area contributed by atoms with E-state index in [1.54, 1.807) is 34.7 Å². The molecular weight excluding hydrogens is 514 g/mol. The molecule has 1 aromatic rings. The Bertz CT molecular complexity index is 911. The molecule has 0 aliphatic rings. The van der Waals surface area contributed by atoms with E-state index in [-0.39, 0.29) is 19.8 Å². The number of benzene rings is 1. The highest BCUT2D eigenvalue weighted by molar-refractivity contribution is 5.89. The Labute approximate surface area is 240 Å². The van der Waals surface area contributed by atoms with Gasteiger partial charge in [-0.2, -0.15) is 0 Å². The predicted molar refractivity (Wildman–Crippen MR) is 154 cm³/mol. The van der Waals surface area contributed by atoms with Gasteiger partial charge in [-0.25, -0.2) is 9.59 Å². The second kappa shape index (κ2) is 18.8. The standard InChI is InChI=1S/C31H51NO8/c1-8-37-26(34)22-39-28(30(36)40-31(4,5)6)27(29(35)32(7)18-12-10-13-19-33)38-20-14-9-11-15-25-17-16-23(2)24(3)21-25/h16-17,21,27-28,33H,8-15,18-20,22H2,1-7H3/t27-,28-/m1/s1. The van der Waals surface area contributed by atoms with Crippen LogP contribution in [0.5, 0.6) is 0 Å². The Morgan fingerprint density at radius 2 is 1.62 bits per heavy atom. The largest absolute Gasteiger partial charge is 0.464 e. The number of esters is 2. The molecule has 0 unspecified atom stereocenters. The van der Waals surface area contributed by atoms with Gasteiger partial charge in [0.25, 0.3) is 5.91 Å². The highest BCUT2D eigenvalue weighted by Gasteiger charge is 2.40. The number of nitrogens with zero attached hydrogens (tertiary/aromatic N) is 1. The summed E-state index contributed by atoms with van der Waals surface area (Å²) >= 11 is 0. The summed E-state index contributed by atoms with van der Waals surface area (Å²) in [6.07, 6.45) is 2.85. The molecule has 228 valence electrons. The fourth-order valence-corrected chi connectivity index (χ4v) is 4.03. The van der Waals surface area contributed by atoms with Crippen molar-refractivity contribution in [3.63, 3.8) is 0 Å². The number of hydrogen-bond donors (Lipinski definition) is 1. The van der Waals surface area contributed by atoms with Crippen molar-refractivity contribution in [2.45, 2.75) is 104 Å². The van der Waals surface area contributed by atoms with Crippen molar-refractivity contribution in [1.82, 2.24) is 4.90 Å². The first kappa shape index (κ1) is 35.5. The molecule has 0 radical (unpaired) electrons. The highest BCUT2D eigenvalue weighted by Crippen LogP contribution is 2.18. The van der Waals surface area contributed by atoms with Gasteiger partial charge in [-0.15, -0.1) is 0 Å². The van der Waals surface area contributed by atoms with E-state index >= 15 is 0 Å². The first-order valence-electron chi connectivity index (χ1n) is 14.4. The second-order valence-corrected chi connectivity index (χ2v) is 11.1. The SMILES string of the molecule is CCOC(=O)CO[C@@H](C(=O)OC(C)(C)C)[C@@H](OCCCCCc1ccc(C)c(C)c1)C(=O)N(C)CCCCCO. The lowest BCUT2D eigenvalue weighted by Gasteiger charge is -2.31. The monoisotopic (exact) mass is 565 g/mol. The molecule has 1 N–H and O–H groups in total. The van der Waals surface area contributed by atoms with Crippen LogP contribution in [0.4, 0.5) is 0 Å². The van der Waals surface area contributed by atoms with Gasteiger partial charge in [0.2, 0.25) is 0 Å². The van der Waals surface area contributed by atoms with Crippen LogP contribution in [0.2, 0.25) is 0 Å². The van der Waals surface area contributed by atoms with E-state index in [4.69, 9.17) is 24.1 Å². The molecule has 0 fully saturated rings. The highest BCUT2D eigenvalue weighted by atomic mass is 16.6. The predicted octanol–water partition coefficient (Wildman–Crippen LogP) is 4.31. The molecule has 0 heterocycles. The number of aliphatic hydroxyl groups is 1. The van der Waals surface area contributed by atoms with Crippen LogP contribution in [-0.4, -0.2) is 85.7 Å². The molecule has 0 aromatic heterocycles. The second-order valence-electron chi connectivity index (χ2n) is 11.1. The van der Waals surface area contributed by atoms with Crippen molar-refractivity contribution in [2.75, 3.05) is 40.0 Å². The number of rotatable bonds is 19. The minimum atomic E-state index is -1.44. The quantitative estimate of drug-likeness (QED) is 0.195. The number of carbonyl (C=O) groups excluding carboxylic acids is 3. The van der Waals surface area contributed by atoms with Crippen LogP contribution in [-0.2, 0) is 39.8 Å². The van der Waals surface area contributed by atoms with E-state index in [9.17, 15) is 14.4 Å². The van der Waals surface area contributed by atoms with Gasteiger partial charge in [0.1, 0.15) is 12.2 Å². The number of aliphatic hydroxyl groups excluding tert-OH is 1. The molecule has 9 nitrogen and oxygen atoms in total. The van der Waals surface area contributed by atoms with Crippen LogP contribution < -0.4 is 0 Å². The van der Waals surface area contributed by atoms with Gasteiger partial charge in [0.15, 0.2) is 12.2 Å². The van der Waals surface area contributed by atoms with Crippen molar-refractivity contribution in [1.29, 1.82) is 0 Å². The minimum absolute atomic E-state index is 0.0926. The van der Waals surface area contributed by atoms with Crippen molar-refractivity contribution < 1.29 is 38.4 Å². The van der Waals surface area contributed by atoms with Crippen LogP contribution in [0.25, 0.3) is 0 Å². The summed E-state index contributed by atoms with van der Waals surface area (Å²) in [6, 6.07) is 6.50. The Morgan fingerprint density at radius 3 is 2.25 bits per heavy atom. The topological polar surface area (TPSA) is 112 Å². The van der Waals surface area contributed by atoms with E-state index in [0.717, 1.165) is 25.7 Å². The number of hydrogen-bond acceptors (Lipinski definition) is 8. The lowest BCUT2D eigenvalue weighted by Crippen LogP contribution is -2.51. The lowest BCUT2D eigenvalue weighted by atomic mass is 10.0. The van der Waals surface area contributed by atoms with Crippen LogP contribution in [0, 0.1) is 13.8 Å². The maximum absolute atomic E-state index is 13.5. The van der Waals surface area contributed by atoms with Crippen LogP contribution >= 0.6 is 0 Å². The molecule has 1 amide bonds. The summed E-state index contributed by atoms with van der Waals surface area (Å²) in [5.74, 6) is -1.86. The summed E-state index contributed by atoms with van der Waals surface area (Å²) in [7, 11) is 1.64. The van der Waals surface area contributed by atoms with Gasteiger partial charge in [0, 0.05) is 26.8 Å². The number of amides is 1. The molecule has 1 rings (SSSR count). The zero-order chi connectivity index (χ0) is 30.1. The van der Waals surface area contributed by atoms with Gasteiger partial charge >= 0.3 is 11.9 Å². The molecule has 0 saturated heterocycles. The number of ether oxygens (including phenoxy) is 4. The summed E-state index contributed by atoms with van der Waals surface area (Å²) < 4.78 is 22.1. The normalized spacial score (nSPS) is 13.0. The molecule has 40 heavy (non-hydrogen) atoms. The summed E-state index contributed by atoms with van der Waals surface area (Å²) in [4.78, 5) is 40.2. The third-order valence-electron chi connectivity index (χ3n) is 6.35. The zero-order valence-electron chi connectivity index (χ0n) is 25.6. The molecular formula is C31H51NO8. The fraction of sp³-hybridized carbons (Fsp3) is 0.710. The molecule has 0 bridgehead atoms. The zero-order valence-corrected chi connectivity index (χ0v) is 25.6. The van der Waals surface area contributed by atoms with Gasteiger partial charge in [-0.05, 0) is 96.8 Å². The van der Waals surface area contributed by atoms with Crippen molar-refractivity contribution in [3.8, 4) is 0 Å². The molecule has 2 atom stereocenters. The molecule has 0 aliphatic carbocycles. The van der Waals surface area contributed by atoms with Gasteiger partial charge in [-0.1, -0.05) is 24.6 Å². The smallest absolute Gasteiger partial charge is 0.339 e. The van der Waals surface area contributed by atoms with Gasteiger partial charge < -0.3 is 29.0 Å².